The van der Waals surface area contributed by atoms with Crippen LogP contribution in [0.3, 0.4) is 0 Å². The summed E-state index contributed by atoms with van der Waals surface area (Å²) in [6.45, 7) is 0.110. The Morgan fingerprint density at radius 1 is 0.808 bits per heavy atom. The Kier molecular flexibility index (Phi) is 6.58. The van der Waals surface area contributed by atoms with Gasteiger partial charge in [0.15, 0.2) is 8.32 Å². The van der Waals surface area contributed by atoms with Crippen molar-refractivity contribution >= 4 is 8.32 Å². The van der Waals surface area contributed by atoms with Gasteiger partial charge in [0.2, 0.25) is 0 Å². The van der Waals surface area contributed by atoms with E-state index in [-0.39, 0.29) is 12.7 Å². The minimum Gasteiger partial charge on any atom is -0.417 e. The van der Waals surface area contributed by atoms with Gasteiger partial charge >= 0.3 is 11.8 Å². The van der Waals surface area contributed by atoms with Crippen molar-refractivity contribution < 1.29 is 32.9 Å². The Labute approximate surface area is 145 Å². The Hall–Kier alpha value is -2.36. The van der Waals surface area contributed by atoms with Gasteiger partial charge in [0, 0.05) is 6.61 Å². The predicted octanol–water partition coefficient (Wildman–Crippen LogP) is 1.88. The SMILES string of the molecule is O=[N+]([O-])C(F)(CC[Si]1(CCC(F)([N+](=O)[O-])[N+](=O)[O-])CCCCO1)[N+](=O)[O-]. The first-order chi connectivity index (χ1) is 11.9. The van der Waals surface area contributed by atoms with Crippen LogP contribution in [0.15, 0.2) is 0 Å². The fourth-order valence-corrected chi connectivity index (χ4v) is 6.90. The molecular formula is C10H16F2N4O9Si. The van der Waals surface area contributed by atoms with Gasteiger partial charge < -0.3 is 4.43 Å². The highest BCUT2D eigenvalue weighted by Crippen LogP contribution is 2.37. The Balaban J connectivity index is 2.98. The van der Waals surface area contributed by atoms with Gasteiger partial charge in [-0.1, -0.05) is 15.2 Å². The molecule has 1 aliphatic heterocycles. The summed E-state index contributed by atoms with van der Waals surface area (Å²) in [4.78, 5) is 35.8. The molecule has 0 spiro atoms. The normalized spacial score (nSPS) is 17.5. The lowest BCUT2D eigenvalue weighted by molar-refractivity contribution is -0.831. The first-order valence-electron chi connectivity index (χ1n) is 7.49. The van der Waals surface area contributed by atoms with E-state index < -0.39 is 64.8 Å². The lowest BCUT2D eigenvalue weighted by atomic mass is 10.3. The Bertz CT molecular complexity index is 529. The van der Waals surface area contributed by atoms with Crippen molar-refractivity contribution in [3.63, 3.8) is 0 Å². The number of nitro groups is 4. The van der Waals surface area contributed by atoms with Crippen LogP contribution in [-0.2, 0) is 4.43 Å². The van der Waals surface area contributed by atoms with Gasteiger partial charge in [0.1, 0.15) is 32.5 Å². The standard InChI is InChI=1S/C10H16F2N4O9Si/c11-9(13(17)18,14(19)20)3-7-26(6-2-1-5-25-26)8-4-10(12,15(21)22)16(23)24/h1-8H2. The maximum absolute atomic E-state index is 14.0. The summed E-state index contributed by atoms with van der Waals surface area (Å²) in [7, 11) is -3.28. The van der Waals surface area contributed by atoms with Gasteiger partial charge in [-0.3, -0.25) is 40.5 Å². The molecule has 0 aromatic heterocycles. The molecule has 0 aromatic carbocycles. The average Bonchev–Trinajstić information content (AvgIpc) is 2.57. The molecule has 0 amide bonds. The molecule has 26 heavy (non-hydrogen) atoms. The largest absolute Gasteiger partial charge is 0.613 e. The molecule has 1 heterocycles. The molecule has 0 aromatic rings. The van der Waals surface area contributed by atoms with Gasteiger partial charge in [0.05, 0.1) is 0 Å². The number of rotatable bonds is 10. The van der Waals surface area contributed by atoms with Crippen molar-refractivity contribution in [1.29, 1.82) is 0 Å². The maximum atomic E-state index is 14.0. The minimum atomic E-state index is -3.97. The fraction of sp³-hybridized carbons (Fsp3) is 1.00. The molecule has 1 fully saturated rings. The van der Waals surface area contributed by atoms with Crippen molar-refractivity contribution in [3.05, 3.63) is 40.5 Å². The third kappa shape index (κ3) is 4.42. The van der Waals surface area contributed by atoms with Gasteiger partial charge in [-0.15, -0.1) is 0 Å². The molecule has 0 unspecified atom stereocenters. The quantitative estimate of drug-likeness (QED) is 0.173. The fourth-order valence-electron chi connectivity index (χ4n) is 2.70. The molecule has 0 N–H and O–H groups in total. The van der Waals surface area contributed by atoms with Crippen LogP contribution in [0.25, 0.3) is 0 Å². The minimum absolute atomic E-state index is 0.110. The van der Waals surface area contributed by atoms with Crippen molar-refractivity contribution in [3.8, 4) is 0 Å². The second-order valence-corrected chi connectivity index (χ2v) is 10.1. The van der Waals surface area contributed by atoms with Gasteiger partial charge in [-0.2, -0.15) is 0 Å². The first-order valence-corrected chi connectivity index (χ1v) is 10.0. The number of hydrogen-bond donors (Lipinski definition) is 0. The van der Waals surface area contributed by atoms with Crippen LogP contribution in [0.5, 0.6) is 0 Å². The van der Waals surface area contributed by atoms with E-state index in [4.69, 9.17) is 4.43 Å². The molecule has 148 valence electrons. The number of nitrogens with zero attached hydrogens (tertiary/aromatic N) is 4. The zero-order valence-electron chi connectivity index (χ0n) is 13.4. The van der Waals surface area contributed by atoms with Crippen molar-refractivity contribution in [2.24, 2.45) is 0 Å². The lowest BCUT2D eigenvalue weighted by Crippen LogP contribution is -2.49. The third-order valence-corrected chi connectivity index (χ3v) is 8.76. The Morgan fingerprint density at radius 3 is 1.46 bits per heavy atom. The second kappa shape index (κ2) is 7.90. The summed E-state index contributed by atoms with van der Waals surface area (Å²) in [5.74, 6) is -7.94. The third-order valence-electron chi connectivity index (χ3n) is 4.35. The van der Waals surface area contributed by atoms with E-state index >= 15 is 0 Å². The summed E-state index contributed by atoms with van der Waals surface area (Å²) in [6.07, 6.45) is -1.30. The number of halogens is 2. The molecule has 16 heteroatoms. The Morgan fingerprint density at radius 2 is 1.19 bits per heavy atom. The molecule has 1 rings (SSSR count). The summed E-state index contributed by atoms with van der Waals surface area (Å²) in [5.41, 5.74) is 0. The van der Waals surface area contributed by atoms with Crippen molar-refractivity contribution in [1.82, 2.24) is 0 Å². The maximum Gasteiger partial charge on any atom is 0.613 e. The summed E-state index contributed by atoms with van der Waals surface area (Å²) in [6, 6.07) is -0.794. The van der Waals surface area contributed by atoms with Crippen LogP contribution in [-0.4, -0.2) is 46.5 Å². The van der Waals surface area contributed by atoms with Gasteiger partial charge in [-0.25, -0.2) is 0 Å². The van der Waals surface area contributed by atoms with E-state index in [0.29, 0.717) is 12.8 Å². The highest BCUT2D eigenvalue weighted by atomic mass is 28.4. The summed E-state index contributed by atoms with van der Waals surface area (Å²) >= 11 is 0. The first kappa shape index (κ1) is 21.7. The van der Waals surface area contributed by atoms with Crippen molar-refractivity contribution in [2.45, 2.75) is 55.6 Å². The van der Waals surface area contributed by atoms with Crippen LogP contribution in [0, 0.1) is 40.5 Å². The molecule has 1 saturated heterocycles. The second-order valence-electron chi connectivity index (χ2n) is 5.95. The molecule has 0 saturated carbocycles. The van der Waals surface area contributed by atoms with Crippen LogP contribution in [0.1, 0.15) is 25.7 Å². The lowest BCUT2D eigenvalue weighted by Gasteiger charge is -2.35. The molecule has 0 radical (unpaired) electrons. The molecule has 0 bridgehead atoms. The predicted molar refractivity (Wildman–Crippen MR) is 80.3 cm³/mol. The van der Waals surface area contributed by atoms with Crippen LogP contribution in [0.4, 0.5) is 8.78 Å². The zero-order chi connectivity index (χ0) is 20.2. The van der Waals surface area contributed by atoms with E-state index in [0.717, 1.165) is 0 Å². The van der Waals surface area contributed by atoms with E-state index in [1.54, 1.807) is 0 Å². The molecular weight excluding hydrogens is 386 g/mol. The molecule has 0 aliphatic carbocycles. The number of alkyl halides is 2. The van der Waals surface area contributed by atoms with E-state index in [2.05, 4.69) is 0 Å². The van der Waals surface area contributed by atoms with E-state index in [9.17, 15) is 49.2 Å². The summed E-state index contributed by atoms with van der Waals surface area (Å²) < 4.78 is 33.4. The highest BCUT2D eigenvalue weighted by Gasteiger charge is 2.61. The topological polar surface area (TPSA) is 182 Å². The smallest absolute Gasteiger partial charge is 0.417 e. The molecule has 1 aliphatic rings. The molecule has 13 nitrogen and oxygen atoms in total. The van der Waals surface area contributed by atoms with E-state index in [1.807, 2.05) is 0 Å². The molecule has 0 atom stereocenters. The van der Waals surface area contributed by atoms with Crippen LogP contribution in [0.2, 0.25) is 18.1 Å². The van der Waals surface area contributed by atoms with E-state index in [1.165, 1.54) is 0 Å². The number of hydrogen-bond acceptors (Lipinski definition) is 9. The van der Waals surface area contributed by atoms with Gasteiger partial charge in [0.25, 0.3) is 0 Å². The van der Waals surface area contributed by atoms with Gasteiger partial charge in [-0.05, 0) is 24.6 Å². The highest BCUT2D eigenvalue weighted by molar-refractivity contribution is 6.74. The average molecular weight is 402 g/mol. The van der Waals surface area contributed by atoms with Crippen LogP contribution < -0.4 is 0 Å². The monoisotopic (exact) mass is 402 g/mol. The zero-order valence-corrected chi connectivity index (χ0v) is 14.4. The van der Waals surface area contributed by atoms with Crippen molar-refractivity contribution in [2.75, 3.05) is 6.61 Å². The summed E-state index contributed by atoms with van der Waals surface area (Å²) in [5, 5.41) is 42.6. The van der Waals surface area contributed by atoms with Crippen LogP contribution >= 0.6 is 0 Å².